The van der Waals surface area contributed by atoms with Crippen LogP contribution in [0, 0.1) is 46.3 Å². The van der Waals surface area contributed by atoms with Gasteiger partial charge in [0.1, 0.15) is 104 Å². The predicted octanol–water partition coefficient (Wildman–Crippen LogP) is -2.62. The summed E-state index contributed by atoms with van der Waals surface area (Å²) in [5.74, 6) is -0.205. The number of ether oxygens (including phenoxy) is 11. The molecule has 0 unspecified atom stereocenters. The second-order valence-corrected chi connectivity index (χ2v) is 28.4. The molecule has 28 nitrogen and oxygen atoms in total. The molecule has 6 heterocycles. The van der Waals surface area contributed by atoms with E-state index in [0.29, 0.717) is 25.2 Å². The summed E-state index contributed by atoms with van der Waals surface area (Å²) in [7, 11) is -4.89. The number of rotatable bonds is 17. The van der Waals surface area contributed by atoms with Gasteiger partial charge in [-0.25, -0.2) is 4.18 Å². The van der Waals surface area contributed by atoms with Crippen molar-refractivity contribution in [3.63, 3.8) is 0 Å². The van der Waals surface area contributed by atoms with Crippen LogP contribution >= 0.6 is 0 Å². The molecule has 9 fully saturated rings. The fourth-order valence-electron chi connectivity index (χ4n) is 16.3. The summed E-state index contributed by atoms with van der Waals surface area (Å²) in [5.41, 5.74) is -1.04. The van der Waals surface area contributed by atoms with Crippen LogP contribution in [0.4, 0.5) is 0 Å². The number of hydrogen-bond donors (Lipinski definition) is 14. The average molecular weight is 1260 g/mol. The lowest BCUT2D eigenvalue weighted by atomic mass is 9.47. The van der Waals surface area contributed by atoms with Crippen molar-refractivity contribution in [3.05, 3.63) is 11.6 Å². The Labute approximate surface area is 500 Å². The van der Waals surface area contributed by atoms with E-state index in [1.165, 1.54) is 20.8 Å². The number of hydrogen-bond acceptors (Lipinski definition) is 27. The van der Waals surface area contributed by atoms with Crippen LogP contribution in [0.25, 0.3) is 0 Å². The molecule has 0 aromatic rings. The van der Waals surface area contributed by atoms with E-state index in [0.717, 1.165) is 18.4 Å². The van der Waals surface area contributed by atoms with Crippen molar-refractivity contribution in [2.45, 2.75) is 285 Å². The quantitative estimate of drug-likeness (QED) is 0.0403. The number of aliphatic hydroxyl groups excluding tert-OH is 12. The molecule has 36 atom stereocenters. The second kappa shape index (κ2) is 25.5. The first-order chi connectivity index (χ1) is 40.2. The molecule has 0 amide bonds. The molecule has 496 valence electrons. The average Bonchev–Trinajstić information content (AvgIpc) is 1.42. The minimum absolute atomic E-state index is 0.0293. The van der Waals surface area contributed by atoms with Crippen molar-refractivity contribution in [1.82, 2.24) is 0 Å². The third-order valence-electron chi connectivity index (χ3n) is 21.7. The number of fused-ring (bicyclic) bond motifs is 5. The number of epoxide rings is 1. The van der Waals surface area contributed by atoms with Gasteiger partial charge in [0.2, 0.25) is 0 Å². The highest BCUT2D eigenvalue weighted by Crippen LogP contribution is 2.68. The molecule has 4 aliphatic carbocycles. The van der Waals surface area contributed by atoms with Gasteiger partial charge in [-0.2, -0.15) is 8.42 Å². The number of allylic oxidation sites excluding steroid dienone is 2. The molecule has 10 aliphatic rings. The van der Waals surface area contributed by atoms with Crippen LogP contribution in [0.15, 0.2) is 11.6 Å². The molecule has 0 bridgehead atoms. The number of aliphatic hydroxyl groups is 13. The molecule has 3 saturated carbocycles. The molecular weight excluding hydrogens is 1160 g/mol. The second-order valence-electron chi connectivity index (χ2n) is 27.3. The summed E-state index contributed by atoms with van der Waals surface area (Å²) < 4.78 is 107. The zero-order valence-corrected chi connectivity index (χ0v) is 50.8. The van der Waals surface area contributed by atoms with Gasteiger partial charge in [-0.3, -0.25) is 4.55 Å². The Hall–Kier alpha value is -1.35. The SMILES string of the molecule is CC(C)[C@H](C)[C@@H]1O[C@H]1[C@](C)(O)[C@H]1CC[C@H]2[C@@H]3C[C@H](O[C@@H]4O[C@H](CO)[C@@H](O)[C@H](O[C@@H]5O[C@H](C)[C@@H](O[C@@H]6OC[C@H](O)[C@H](O)[C@H]6O[C@@H]6O[C@H](C)[C@H](O)[C@H](O)[C@H]6O)[C@H](O)[C@H]5O[C@@H]5O[C@H](C)[C@@H](O)[C@H](O)[C@H]5O)[C@H]4O)[C@H]4C[C@@H](OS(=O)(=O)O)CC[C@]4(C)C3=CC[C@]12C. The highest BCUT2D eigenvalue weighted by atomic mass is 32.3. The van der Waals surface area contributed by atoms with Crippen LogP contribution in [-0.2, 0) is 66.7 Å². The van der Waals surface area contributed by atoms with Crippen LogP contribution < -0.4 is 0 Å². The maximum atomic E-state index is 12.5. The smallest absolute Gasteiger partial charge is 0.394 e. The maximum Gasteiger partial charge on any atom is 0.397 e. The monoisotopic (exact) mass is 1260 g/mol. The first kappa shape index (κ1) is 67.5. The summed E-state index contributed by atoms with van der Waals surface area (Å²) in [6, 6.07) is 0. The Balaban J connectivity index is 0.925. The van der Waals surface area contributed by atoms with Gasteiger partial charge in [-0.15, -0.1) is 0 Å². The van der Waals surface area contributed by atoms with Crippen LogP contribution in [-0.4, -0.2) is 270 Å². The van der Waals surface area contributed by atoms with E-state index in [-0.39, 0.29) is 48.7 Å². The van der Waals surface area contributed by atoms with Crippen molar-refractivity contribution < 1.29 is 136 Å². The molecule has 0 aromatic carbocycles. The minimum atomic E-state index is -4.89. The molecule has 0 spiro atoms. The third kappa shape index (κ3) is 12.5. The zero-order valence-electron chi connectivity index (χ0n) is 50.0. The molecule has 14 N–H and O–H groups in total. The molecule has 6 aliphatic heterocycles. The van der Waals surface area contributed by atoms with E-state index in [2.05, 4.69) is 40.7 Å². The van der Waals surface area contributed by atoms with E-state index in [1.807, 2.05) is 6.92 Å². The first-order valence-corrected chi connectivity index (χ1v) is 31.9. The van der Waals surface area contributed by atoms with Crippen LogP contribution in [0.5, 0.6) is 0 Å². The minimum Gasteiger partial charge on any atom is -0.394 e. The summed E-state index contributed by atoms with van der Waals surface area (Å²) in [4.78, 5) is 0. The summed E-state index contributed by atoms with van der Waals surface area (Å²) in [6.45, 7) is 15.4. The normalized spacial score (nSPS) is 53.6. The van der Waals surface area contributed by atoms with Crippen LogP contribution in [0.2, 0.25) is 0 Å². The van der Waals surface area contributed by atoms with Gasteiger partial charge in [-0.1, -0.05) is 46.3 Å². The van der Waals surface area contributed by atoms with Crippen molar-refractivity contribution >= 4 is 10.4 Å². The predicted molar refractivity (Wildman–Crippen MR) is 289 cm³/mol. The van der Waals surface area contributed by atoms with E-state index < -0.39 is 206 Å². The Bertz CT molecular complexity index is 2460. The van der Waals surface area contributed by atoms with Gasteiger partial charge in [0, 0.05) is 0 Å². The Kier molecular flexibility index (Phi) is 20.0. The Morgan fingerprint density at radius 3 is 1.79 bits per heavy atom. The Morgan fingerprint density at radius 2 is 1.20 bits per heavy atom. The maximum absolute atomic E-state index is 12.5. The summed E-state index contributed by atoms with van der Waals surface area (Å²) >= 11 is 0. The molecular formula is C57H94O28S. The van der Waals surface area contributed by atoms with Gasteiger partial charge in [0.15, 0.2) is 31.5 Å². The van der Waals surface area contributed by atoms with E-state index in [1.54, 1.807) is 0 Å². The van der Waals surface area contributed by atoms with Crippen molar-refractivity contribution in [1.29, 1.82) is 0 Å². The van der Waals surface area contributed by atoms with E-state index in [4.69, 9.17) is 56.3 Å². The zero-order chi connectivity index (χ0) is 62.8. The van der Waals surface area contributed by atoms with Gasteiger partial charge in [-0.05, 0) is 119 Å². The molecule has 86 heavy (non-hydrogen) atoms. The van der Waals surface area contributed by atoms with E-state index >= 15 is 0 Å². The fourth-order valence-corrected chi connectivity index (χ4v) is 16.8. The van der Waals surface area contributed by atoms with Crippen molar-refractivity contribution in [2.24, 2.45) is 46.3 Å². The highest BCUT2D eigenvalue weighted by Gasteiger charge is 2.67. The lowest BCUT2D eigenvalue weighted by Crippen LogP contribution is -2.68. The standard InChI is InChI=1S/C57H94O28S/c1-20(2)21(3)44-49(80-44)57(9,70)33-11-10-27-26-17-31(29-16-25(85-86(71,72)73)12-14-55(29,7)28(26)13-15-56(27,33)8)78-52-43(69)46(37(63)32(18-58)79-52)82-54-48(84-51-41(67)39(65)35(61)23(5)76-51)42(68)45(24(6)77-54)81-53-47(36(62)30(59)19-74-53)83-50-40(66)38(64)34(60)22(4)75-50/h13,20-27,29-54,58-70H,10-12,14-19H2,1-9H3,(H,71,72,73)/t21-,22+,23+,24+,25-,26-,27-,29+,30-,31-,32+,33-,34-,35+,36-,37+,38-,39-,40+,41+,42-,43+,44-,45+,46-,47+,48+,49+,50-,51-,52+,53-,54-,55+,56-,57+/m0/s1. The molecule has 29 heteroatoms. The molecule has 0 radical (unpaired) electrons. The lowest BCUT2D eigenvalue weighted by Gasteiger charge is -2.60. The lowest BCUT2D eigenvalue weighted by molar-refractivity contribution is -0.403. The van der Waals surface area contributed by atoms with E-state index in [9.17, 15) is 79.4 Å². The first-order valence-electron chi connectivity index (χ1n) is 30.6. The third-order valence-corrected chi connectivity index (χ3v) is 22.2. The molecule has 10 rings (SSSR count). The highest BCUT2D eigenvalue weighted by molar-refractivity contribution is 7.80. The Morgan fingerprint density at radius 1 is 0.628 bits per heavy atom. The largest absolute Gasteiger partial charge is 0.397 e. The van der Waals surface area contributed by atoms with Crippen molar-refractivity contribution in [2.75, 3.05) is 13.2 Å². The fraction of sp³-hybridized carbons (Fsp3) is 0.965. The van der Waals surface area contributed by atoms with Crippen molar-refractivity contribution in [3.8, 4) is 0 Å². The summed E-state index contributed by atoms with van der Waals surface area (Å²) in [5, 5.41) is 146. The van der Waals surface area contributed by atoms with Gasteiger partial charge in [0.25, 0.3) is 0 Å². The van der Waals surface area contributed by atoms with Crippen LogP contribution in [0.3, 0.4) is 0 Å². The van der Waals surface area contributed by atoms with Gasteiger partial charge in [0.05, 0.1) is 55.4 Å². The van der Waals surface area contributed by atoms with Gasteiger partial charge >= 0.3 is 10.4 Å². The topological polar surface area (TPSA) is 431 Å². The molecule has 0 aromatic heterocycles. The van der Waals surface area contributed by atoms with Crippen LogP contribution in [0.1, 0.15) is 107 Å². The van der Waals surface area contributed by atoms with Gasteiger partial charge < -0.3 is 118 Å². The summed E-state index contributed by atoms with van der Waals surface area (Å²) in [6.07, 6.45) is -37.6. The molecule has 6 saturated heterocycles.